The Morgan fingerprint density at radius 2 is 1.27 bits per heavy atom. The van der Waals surface area contributed by atoms with Gasteiger partial charge in [0.25, 0.3) is 5.91 Å². The largest absolute Gasteiger partial charge is 0.384 e. The van der Waals surface area contributed by atoms with E-state index in [-0.39, 0.29) is 23.6 Å². The Labute approximate surface area is 317 Å². The van der Waals surface area contributed by atoms with Gasteiger partial charge in [0.15, 0.2) is 0 Å². The van der Waals surface area contributed by atoms with Crippen LogP contribution in [0.4, 0.5) is 5.69 Å². The van der Waals surface area contributed by atoms with Crippen molar-refractivity contribution in [2.75, 3.05) is 18.4 Å². The van der Waals surface area contributed by atoms with Crippen LogP contribution in [0.2, 0.25) is 0 Å². The van der Waals surface area contributed by atoms with E-state index in [9.17, 15) is 14.4 Å². The number of hydrogen-bond acceptors (Lipinski definition) is 8. The standard InChI is InChI=1S/C41H43N11O3/c1-49-33-21-26(35(42)43)13-17-29(33)47-37(49)23-7-9-25(10-8-23)40(54)52-20-4-6-32(52)41(55)51-19-3-5-31(51)39(53)46-28-15-11-24(12-16-28)38-48-30-18-14-27(36(44)45)22-34(30)50(38)2/h7-18,21-22,31-32,35H,3-6,19-20,42-43H2,1-2H3,(H3,44,45)(H,46,53)/t31-,32-/m0/s1. The number of nitrogens with two attached hydrogens (primary N) is 3. The highest BCUT2D eigenvalue weighted by Gasteiger charge is 2.42. The van der Waals surface area contributed by atoms with Gasteiger partial charge in [-0.15, -0.1) is 0 Å². The summed E-state index contributed by atoms with van der Waals surface area (Å²) in [5.41, 5.74) is 25.0. The second-order valence-corrected chi connectivity index (χ2v) is 14.4. The lowest BCUT2D eigenvalue weighted by Crippen LogP contribution is -2.51. The molecule has 2 atom stereocenters. The number of nitrogen functional groups attached to an aromatic ring is 1. The molecule has 280 valence electrons. The Bertz CT molecular complexity index is 2480. The fourth-order valence-electron chi connectivity index (χ4n) is 7.90. The smallest absolute Gasteiger partial charge is 0.254 e. The molecule has 14 heteroatoms. The van der Waals surface area contributed by atoms with Gasteiger partial charge in [-0.2, -0.15) is 0 Å². The lowest BCUT2D eigenvalue weighted by Gasteiger charge is -2.31. The van der Waals surface area contributed by atoms with Gasteiger partial charge in [-0.1, -0.05) is 18.2 Å². The number of amides is 3. The van der Waals surface area contributed by atoms with Gasteiger partial charge in [0.2, 0.25) is 11.8 Å². The van der Waals surface area contributed by atoms with E-state index in [2.05, 4.69) is 5.32 Å². The average Bonchev–Trinajstić information content (AvgIpc) is 4.00. The van der Waals surface area contributed by atoms with Gasteiger partial charge < -0.3 is 41.5 Å². The van der Waals surface area contributed by atoms with Crippen LogP contribution in [0.25, 0.3) is 44.8 Å². The predicted octanol–water partition coefficient (Wildman–Crippen LogP) is 4.23. The third kappa shape index (κ3) is 6.49. The highest BCUT2D eigenvalue weighted by molar-refractivity contribution is 6.01. The number of amidine groups is 1. The molecule has 55 heavy (non-hydrogen) atoms. The van der Waals surface area contributed by atoms with E-state index in [0.29, 0.717) is 55.6 Å². The van der Waals surface area contributed by atoms with Crippen molar-refractivity contribution in [1.82, 2.24) is 28.9 Å². The Balaban J connectivity index is 0.933. The van der Waals surface area contributed by atoms with Gasteiger partial charge in [-0.3, -0.25) is 19.8 Å². The number of nitrogens with one attached hydrogen (secondary N) is 2. The molecule has 2 fully saturated rings. The number of fused-ring (bicyclic) bond motifs is 2. The molecule has 0 aliphatic carbocycles. The van der Waals surface area contributed by atoms with Crippen molar-refractivity contribution in [1.29, 1.82) is 5.41 Å². The molecule has 0 radical (unpaired) electrons. The van der Waals surface area contributed by atoms with Crippen molar-refractivity contribution >= 4 is 51.3 Å². The normalized spacial score (nSPS) is 17.1. The number of hydrogen-bond donors (Lipinski definition) is 5. The van der Waals surface area contributed by atoms with Crippen molar-refractivity contribution in [3.63, 3.8) is 0 Å². The second-order valence-electron chi connectivity index (χ2n) is 14.4. The molecule has 2 saturated heterocycles. The molecule has 0 unspecified atom stereocenters. The Morgan fingerprint density at radius 3 is 1.89 bits per heavy atom. The minimum Gasteiger partial charge on any atom is -0.384 e. The Hall–Kier alpha value is -6.38. The highest BCUT2D eigenvalue weighted by Crippen LogP contribution is 2.30. The first-order valence-corrected chi connectivity index (χ1v) is 18.4. The quantitative estimate of drug-likeness (QED) is 0.0866. The molecule has 8 rings (SSSR count). The molecule has 6 aromatic rings. The maximum absolute atomic E-state index is 14.1. The molecule has 0 bridgehead atoms. The first-order chi connectivity index (χ1) is 26.5. The summed E-state index contributed by atoms with van der Waals surface area (Å²) in [5.74, 6) is 0.812. The van der Waals surface area contributed by atoms with E-state index in [0.717, 1.165) is 50.4 Å². The lowest BCUT2D eigenvalue weighted by molar-refractivity contribution is -0.139. The third-order valence-electron chi connectivity index (χ3n) is 10.9. The van der Waals surface area contributed by atoms with Crippen LogP contribution in [0, 0.1) is 5.41 Å². The topological polar surface area (TPSA) is 207 Å². The number of carbonyl (C=O) groups is 3. The summed E-state index contributed by atoms with van der Waals surface area (Å²) in [7, 11) is 3.84. The molecule has 0 spiro atoms. The van der Waals surface area contributed by atoms with Crippen LogP contribution in [0.5, 0.6) is 0 Å². The van der Waals surface area contributed by atoms with E-state index in [1.165, 1.54) is 0 Å². The van der Waals surface area contributed by atoms with Crippen LogP contribution in [-0.4, -0.2) is 77.6 Å². The fourth-order valence-corrected chi connectivity index (χ4v) is 7.90. The monoisotopic (exact) mass is 737 g/mol. The minimum atomic E-state index is -0.636. The molecule has 3 amide bonds. The minimum absolute atomic E-state index is 0.00605. The number of aromatic nitrogens is 4. The van der Waals surface area contributed by atoms with Crippen LogP contribution in [0.1, 0.15) is 53.3 Å². The number of carbonyl (C=O) groups excluding carboxylic acids is 3. The third-order valence-corrected chi connectivity index (χ3v) is 10.9. The first kappa shape index (κ1) is 35.6. The molecule has 2 aliphatic rings. The van der Waals surface area contributed by atoms with E-state index < -0.39 is 18.2 Å². The van der Waals surface area contributed by atoms with E-state index in [1.54, 1.807) is 28.0 Å². The van der Waals surface area contributed by atoms with E-state index >= 15 is 0 Å². The molecule has 8 N–H and O–H groups in total. The van der Waals surface area contributed by atoms with E-state index in [4.69, 9.17) is 32.6 Å². The zero-order chi connectivity index (χ0) is 38.5. The summed E-state index contributed by atoms with van der Waals surface area (Å²) < 4.78 is 3.92. The molecule has 14 nitrogen and oxygen atoms in total. The van der Waals surface area contributed by atoms with Crippen molar-refractivity contribution in [2.45, 2.75) is 43.9 Å². The Morgan fingerprint density at radius 1 is 0.727 bits per heavy atom. The molecule has 4 aromatic carbocycles. The Kier molecular flexibility index (Phi) is 9.15. The van der Waals surface area contributed by atoms with Gasteiger partial charge in [0, 0.05) is 55.1 Å². The van der Waals surface area contributed by atoms with Gasteiger partial charge in [0.05, 0.1) is 28.2 Å². The molecular weight excluding hydrogens is 695 g/mol. The van der Waals surface area contributed by atoms with Crippen molar-refractivity contribution < 1.29 is 14.4 Å². The zero-order valence-corrected chi connectivity index (χ0v) is 30.7. The van der Waals surface area contributed by atoms with Crippen LogP contribution >= 0.6 is 0 Å². The molecule has 2 aromatic heterocycles. The van der Waals surface area contributed by atoms with Crippen LogP contribution in [-0.2, 0) is 23.7 Å². The molecule has 0 saturated carbocycles. The number of nitrogens with zero attached hydrogens (tertiary/aromatic N) is 6. The highest BCUT2D eigenvalue weighted by atomic mass is 16.2. The average molecular weight is 738 g/mol. The summed E-state index contributed by atoms with van der Waals surface area (Å²) in [5, 5.41) is 10.8. The van der Waals surface area contributed by atoms with Crippen LogP contribution < -0.4 is 22.5 Å². The summed E-state index contributed by atoms with van der Waals surface area (Å²) in [6, 6.07) is 24.6. The van der Waals surface area contributed by atoms with Crippen molar-refractivity contribution in [3.05, 3.63) is 102 Å². The second kappa shape index (κ2) is 14.1. The van der Waals surface area contributed by atoms with Crippen LogP contribution in [0.15, 0.2) is 84.9 Å². The molecular formula is C41H43N11O3. The van der Waals surface area contributed by atoms with Gasteiger partial charge in [0.1, 0.15) is 29.6 Å². The number of rotatable bonds is 8. The summed E-state index contributed by atoms with van der Waals surface area (Å²) in [4.78, 5) is 54.4. The van der Waals surface area contributed by atoms with Crippen LogP contribution in [0.3, 0.4) is 0 Å². The number of likely N-dealkylation sites (tertiary alicyclic amines) is 2. The summed E-state index contributed by atoms with van der Waals surface area (Å²) in [6.45, 7) is 0.922. The zero-order valence-electron chi connectivity index (χ0n) is 30.7. The van der Waals surface area contributed by atoms with Crippen molar-refractivity contribution in [2.24, 2.45) is 31.3 Å². The SMILES string of the molecule is Cn1c(-c2ccc(NC(=O)[C@@H]3CCCN3C(=O)[C@@H]3CCCN3C(=O)c3ccc(-c4nc5ccc(C(N)N)cc5n4C)cc3)cc2)nc2ccc(C(=N)N)cc21. The number of benzene rings is 4. The fraction of sp³-hybridized carbons (Fsp3) is 0.268. The number of imidazole rings is 2. The molecule has 4 heterocycles. The summed E-state index contributed by atoms with van der Waals surface area (Å²) >= 11 is 0. The summed E-state index contributed by atoms with van der Waals surface area (Å²) in [6.07, 6.45) is 1.91. The van der Waals surface area contributed by atoms with Crippen molar-refractivity contribution in [3.8, 4) is 22.8 Å². The van der Waals surface area contributed by atoms with Gasteiger partial charge >= 0.3 is 0 Å². The lowest BCUT2D eigenvalue weighted by atomic mass is 10.1. The van der Waals surface area contributed by atoms with Gasteiger partial charge in [-0.05, 0) is 98.0 Å². The van der Waals surface area contributed by atoms with E-state index in [1.807, 2.05) is 90.0 Å². The van der Waals surface area contributed by atoms with Gasteiger partial charge in [-0.25, -0.2) is 9.97 Å². The molecule has 2 aliphatic heterocycles. The predicted molar refractivity (Wildman–Crippen MR) is 212 cm³/mol. The maximum atomic E-state index is 14.1. The first-order valence-electron chi connectivity index (χ1n) is 18.4. The maximum Gasteiger partial charge on any atom is 0.254 e. The number of anilines is 1. The number of aryl methyl sites for hydroxylation is 2.